The van der Waals surface area contributed by atoms with E-state index in [1.54, 1.807) is 18.2 Å². The Morgan fingerprint density at radius 3 is 3.00 bits per heavy atom. The summed E-state index contributed by atoms with van der Waals surface area (Å²) in [7, 11) is 0. The highest BCUT2D eigenvalue weighted by atomic mass is 19.1. The fourth-order valence-corrected chi connectivity index (χ4v) is 4.24. The van der Waals surface area contributed by atoms with Crippen molar-refractivity contribution < 1.29 is 18.7 Å². The Kier molecular flexibility index (Phi) is 6.02. The van der Waals surface area contributed by atoms with Crippen LogP contribution in [0.5, 0.6) is 11.5 Å². The van der Waals surface area contributed by atoms with Crippen molar-refractivity contribution >= 4 is 5.91 Å². The van der Waals surface area contributed by atoms with Crippen LogP contribution in [0.15, 0.2) is 42.5 Å². The van der Waals surface area contributed by atoms with E-state index in [-0.39, 0.29) is 29.5 Å². The Bertz CT molecular complexity index is 869. The van der Waals surface area contributed by atoms with Crippen LogP contribution in [0, 0.1) is 11.7 Å². The van der Waals surface area contributed by atoms with E-state index in [4.69, 9.17) is 9.47 Å². The number of para-hydroxylation sites is 1. The third-order valence-corrected chi connectivity index (χ3v) is 5.77. The van der Waals surface area contributed by atoms with Gasteiger partial charge in [-0.05, 0) is 55.5 Å². The molecule has 2 aliphatic heterocycles. The highest BCUT2D eigenvalue weighted by molar-refractivity contribution is 5.76. The summed E-state index contributed by atoms with van der Waals surface area (Å²) < 4.78 is 25.1. The Hall–Kier alpha value is -2.56. The summed E-state index contributed by atoms with van der Waals surface area (Å²) >= 11 is 0. The Morgan fingerprint density at radius 2 is 2.14 bits per heavy atom. The van der Waals surface area contributed by atoms with E-state index in [2.05, 4.69) is 19.1 Å². The molecule has 0 spiro atoms. The van der Waals surface area contributed by atoms with Gasteiger partial charge in [0, 0.05) is 31.8 Å². The second-order valence-corrected chi connectivity index (χ2v) is 8.16. The SMILES string of the molecule is C[C@@H]1Cc2cc(CCC(=O)N3CCC[C@@H](COc4ccccc4F)C3)ccc2O1. The van der Waals surface area contributed by atoms with Gasteiger partial charge in [0.05, 0.1) is 6.61 Å². The predicted octanol–water partition coefficient (Wildman–Crippen LogP) is 4.40. The van der Waals surface area contributed by atoms with Gasteiger partial charge in [0.15, 0.2) is 11.6 Å². The molecule has 1 fully saturated rings. The molecule has 0 unspecified atom stereocenters. The van der Waals surface area contributed by atoms with Gasteiger partial charge in [-0.15, -0.1) is 0 Å². The van der Waals surface area contributed by atoms with Crippen LogP contribution in [0.4, 0.5) is 4.39 Å². The van der Waals surface area contributed by atoms with Gasteiger partial charge in [0.1, 0.15) is 11.9 Å². The third-order valence-electron chi connectivity index (χ3n) is 5.77. The number of piperidine rings is 1. The summed E-state index contributed by atoms with van der Waals surface area (Å²) in [4.78, 5) is 14.7. The molecule has 2 atom stereocenters. The maximum Gasteiger partial charge on any atom is 0.222 e. The van der Waals surface area contributed by atoms with Crippen LogP contribution in [-0.4, -0.2) is 36.6 Å². The van der Waals surface area contributed by atoms with Crippen molar-refractivity contribution in [1.29, 1.82) is 0 Å². The number of rotatable bonds is 6. The number of aryl methyl sites for hydroxylation is 1. The topological polar surface area (TPSA) is 38.8 Å². The van der Waals surface area contributed by atoms with Crippen LogP contribution >= 0.6 is 0 Å². The molecule has 1 saturated heterocycles. The Morgan fingerprint density at radius 1 is 1.28 bits per heavy atom. The van der Waals surface area contributed by atoms with Crippen molar-refractivity contribution in [2.75, 3.05) is 19.7 Å². The number of carbonyl (C=O) groups is 1. The molecule has 0 N–H and O–H groups in total. The summed E-state index contributed by atoms with van der Waals surface area (Å²) in [5, 5.41) is 0. The molecule has 1 amide bonds. The summed E-state index contributed by atoms with van der Waals surface area (Å²) in [6.45, 7) is 3.99. The van der Waals surface area contributed by atoms with Crippen LogP contribution < -0.4 is 9.47 Å². The van der Waals surface area contributed by atoms with E-state index in [0.717, 1.165) is 38.0 Å². The molecule has 2 aliphatic rings. The average molecular weight is 397 g/mol. The first-order valence-electron chi connectivity index (χ1n) is 10.5. The maximum absolute atomic E-state index is 13.7. The quantitative estimate of drug-likeness (QED) is 0.725. The molecular formula is C24H28FNO3. The summed E-state index contributed by atoms with van der Waals surface area (Å²) in [6.07, 6.45) is 4.39. The number of benzene rings is 2. The molecule has 0 radical (unpaired) electrons. The van der Waals surface area contributed by atoms with Crippen molar-refractivity contribution in [3.63, 3.8) is 0 Å². The molecule has 2 aromatic carbocycles. The number of hydrogen-bond acceptors (Lipinski definition) is 3. The molecule has 2 aromatic rings. The Labute approximate surface area is 171 Å². The average Bonchev–Trinajstić information content (AvgIpc) is 3.11. The van der Waals surface area contributed by atoms with Crippen LogP contribution in [0.1, 0.15) is 37.3 Å². The molecule has 154 valence electrons. The number of nitrogens with zero attached hydrogens (tertiary/aromatic N) is 1. The van der Waals surface area contributed by atoms with Crippen molar-refractivity contribution in [2.45, 2.75) is 45.1 Å². The van der Waals surface area contributed by atoms with Gasteiger partial charge in [-0.3, -0.25) is 4.79 Å². The van der Waals surface area contributed by atoms with Gasteiger partial charge >= 0.3 is 0 Å². The van der Waals surface area contributed by atoms with Crippen LogP contribution in [0.25, 0.3) is 0 Å². The zero-order valence-electron chi connectivity index (χ0n) is 16.9. The lowest BCUT2D eigenvalue weighted by molar-refractivity contribution is -0.133. The molecule has 0 saturated carbocycles. The van der Waals surface area contributed by atoms with Crippen LogP contribution in [0.3, 0.4) is 0 Å². The van der Waals surface area contributed by atoms with E-state index in [1.807, 2.05) is 11.0 Å². The first-order valence-corrected chi connectivity index (χ1v) is 10.5. The minimum Gasteiger partial charge on any atom is -0.490 e. The van der Waals surface area contributed by atoms with Gasteiger partial charge in [0.2, 0.25) is 5.91 Å². The minimum atomic E-state index is -0.342. The smallest absolute Gasteiger partial charge is 0.222 e. The predicted molar refractivity (Wildman–Crippen MR) is 110 cm³/mol. The zero-order valence-corrected chi connectivity index (χ0v) is 16.9. The number of fused-ring (bicyclic) bond motifs is 1. The number of halogens is 1. The van der Waals surface area contributed by atoms with Crippen LogP contribution in [-0.2, 0) is 17.6 Å². The lowest BCUT2D eigenvalue weighted by Gasteiger charge is -2.32. The summed E-state index contributed by atoms with van der Waals surface area (Å²) in [5.74, 6) is 1.34. The van der Waals surface area contributed by atoms with E-state index < -0.39 is 0 Å². The minimum absolute atomic E-state index is 0.186. The van der Waals surface area contributed by atoms with Crippen molar-refractivity contribution in [2.24, 2.45) is 5.92 Å². The molecule has 4 rings (SSSR count). The van der Waals surface area contributed by atoms with Crippen molar-refractivity contribution in [3.05, 3.63) is 59.4 Å². The highest BCUT2D eigenvalue weighted by Crippen LogP contribution is 2.30. The van der Waals surface area contributed by atoms with E-state index >= 15 is 0 Å². The monoisotopic (exact) mass is 397 g/mol. The molecule has 29 heavy (non-hydrogen) atoms. The maximum atomic E-state index is 13.7. The molecule has 0 aliphatic carbocycles. The second-order valence-electron chi connectivity index (χ2n) is 8.16. The molecule has 0 aromatic heterocycles. The van der Waals surface area contributed by atoms with E-state index in [9.17, 15) is 9.18 Å². The number of amides is 1. The third kappa shape index (κ3) is 4.89. The molecule has 4 nitrogen and oxygen atoms in total. The molecular weight excluding hydrogens is 369 g/mol. The highest BCUT2D eigenvalue weighted by Gasteiger charge is 2.24. The largest absolute Gasteiger partial charge is 0.490 e. The van der Waals surface area contributed by atoms with Gasteiger partial charge in [-0.1, -0.05) is 24.3 Å². The summed E-state index contributed by atoms with van der Waals surface area (Å²) in [5.41, 5.74) is 2.43. The first-order chi connectivity index (χ1) is 14.1. The number of likely N-dealkylation sites (tertiary alicyclic amines) is 1. The van der Waals surface area contributed by atoms with E-state index in [0.29, 0.717) is 19.6 Å². The number of ether oxygens (including phenoxy) is 2. The first kappa shape index (κ1) is 19.7. The van der Waals surface area contributed by atoms with Crippen LogP contribution in [0.2, 0.25) is 0 Å². The molecule has 5 heteroatoms. The molecule has 0 bridgehead atoms. The second kappa shape index (κ2) is 8.85. The number of hydrogen-bond donors (Lipinski definition) is 0. The Balaban J connectivity index is 1.27. The van der Waals surface area contributed by atoms with Gasteiger partial charge in [-0.2, -0.15) is 0 Å². The fourth-order valence-electron chi connectivity index (χ4n) is 4.24. The fraction of sp³-hybridized carbons (Fsp3) is 0.458. The van der Waals surface area contributed by atoms with Gasteiger partial charge in [0.25, 0.3) is 0 Å². The van der Waals surface area contributed by atoms with Crippen molar-refractivity contribution in [1.82, 2.24) is 4.90 Å². The lowest BCUT2D eigenvalue weighted by Crippen LogP contribution is -2.41. The molecule has 2 heterocycles. The van der Waals surface area contributed by atoms with Gasteiger partial charge < -0.3 is 14.4 Å². The van der Waals surface area contributed by atoms with Crippen molar-refractivity contribution in [3.8, 4) is 11.5 Å². The lowest BCUT2D eigenvalue weighted by atomic mass is 9.98. The standard InChI is InChI=1S/C24H28FNO3/c1-17-13-20-14-18(8-10-22(20)29-17)9-11-24(27)26-12-4-5-19(15-26)16-28-23-7-3-2-6-21(23)25/h2-3,6-8,10,14,17,19H,4-5,9,11-13,15-16H2,1H3/t17-,19-/m1/s1. The summed E-state index contributed by atoms with van der Waals surface area (Å²) in [6, 6.07) is 12.7. The zero-order chi connectivity index (χ0) is 20.2. The number of carbonyl (C=O) groups excluding carboxylic acids is 1. The van der Waals surface area contributed by atoms with E-state index in [1.165, 1.54) is 17.2 Å². The van der Waals surface area contributed by atoms with Gasteiger partial charge in [-0.25, -0.2) is 4.39 Å². The normalized spacial score (nSPS) is 20.8.